The molecule has 2 rings (SSSR count). The lowest BCUT2D eigenvalue weighted by Gasteiger charge is -2.11. The van der Waals surface area contributed by atoms with E-state index in [0.717, 1.165) is 18.4 Å². The molecule has 3 heteroatoms. The molecule has 0 bridgehead atoms. The largest absolute Gasteiger partial charge is 0.384 e. The van der Waals surface area contributed by atoms with Crippen molar-refractivity contribution in [1.82, 2.24) is 5.32 Å². The summed E-state index contributed by atoms with van der Waals surface area (Å²) in [5.74, 6) is 5.32. The summed E-state index contributed by atoms with van der Waals surface area (Å²) >= 11 is 0. The second kappa shape index (κ2) is 4.60. The predicted octanol–water partition coefficient (Wildman–Crippen LogP) is 1.31. The highest BCUT2D eigenvalue weighted by molar-refractivity contribution is 5.95. The van der Waals surface area contributed by atoms with Crippen LogP contribution in [0.4, 0.5) is 0 Å². The van der Waals surface area contributed by atoms with Gasteiger partial charge in [0, 0.05) is 16.7 Å². The van der Waals surface area contributed by atoms with Crippen LogP contribution in [0.3, 0.4) is 0 Å². The topological polar surface area (TPSA) is 49.3 Å². The van der Waals surface area contributed by atoms with Crippen LogP contribution in [0.15, 0.2) is 24.3 Å². The Labute approximate surface area is 101 Å². The highest BCUT2D eigenvalue weighted by Gasteiger charge is 2.38. The summed E-state index contributed by atoms with van der Waals surface area (Å²) in [6, 6.07) is 7.07. The van der Waals surface area contributed by atoms with Crippen LogP contribution >= 0.6 is 0 Å². The summed E-state index contributed by atoms with van der Waals surface area (Å²) in [6.45, 7) is 1.90. The third-order valence-electron chi connectivity index (χ3n) is 2.87. The van der Waals surface area contributed by atoms with E-state index in [2.05, 4.69) is 17.2 Å². The Balaban J connectivity index is 2.04. The van der Waals surface area contributed by atoms with E-state index in [-0.39, 0.29) is 18.1 Å². The quantitative estimate of drug-likeness (QED) is 0.751. The molecule has 1 saturated carbocycles. The number of nitrogens with one attached hydrogen (secondary N) is 1. The summed E-state index contributed by atoms with van der Waals surface area (Å²) in [7, 11) is 0. The van der Waals surface area contributed by atoms with Gasteiger partial charge in [0.1, 0.15) is 6.61 Å². The lowest BCUT2D eigenvalue weighted by Crippen LogP contribution is -2.34. The van der Waals surface area contributed by atoms with Gasteiger partial charge in [-0.2, -0.15) is 0 Å². The molecule has 0 saturated heterocycles. The Kier molecular flexibility index (Phi) is 3.16. The molecule has 0 spiro atoms. The highest BCUT2D eigenvalue weighted by Crippen LogP contribution is 2.34. The lowest BCUT2D eigenvalue weighted by molar-refractivity contribution is 0.0935. The average molecular weight is 229 g/mol. The Morgan fingerprint density at radius 1 is 1.41 bits per heavy atom. The first-order chi connectivity index (χ1) is 8.13. The Morgan fingerprint density at radius 2 is 2.06 bits per heavy atom. The van der Waals surface area contributed by atoms with Gasteiger partial charge in [0.05, 0.1) is 0 Å². The number of hydrogen-bond acceptors (Lipinski definition) is 2. The summed E-state index contributed by atoms with van der Waals surface area (Å²) < 4.78 is 0. The fourth-order valence-electron chi connectivity index (χ4n) is 1.51. The minimum absolute atomic E-state index is 0.00640. The maximum Gasteiger partial charge on any atom is 0.251 e. The van der Waals surface area contributed by atoms with Crippen molar-refractivity contribution >= 4 is 5.91 Å². The SMILES string of the molecule is CC1(NC(=O)c2ccc(C#CCO)cc2)CC1. The van der Waals surface area contributed by atoms with Gasteiger partial charge in [0.2, 0.25) is 0 Å². The molecule has 17 heavy (non-hydrogen) atoms. The van der Waals surface area contributed by atoms with Gasteiger partial charge in [-0.25, -0.2) is 0 Å². The van der Waals surface area contributed by atoms with Gasteiger partial charge >= 0.3 is 0 Å². The molecule has 0 aromatic heterocycles. The first kappa shape index (κ1) is 11.7. The van der Waals surface area contributed by atoms with Gasteiger partial charge in [-0.05, 0) is 44.0 Å². The first-order valence-corrected chi connectivity index (χ1v) is 5.65. The Morgan fingerprint density at radius 3 is 2.59 bits per heavy atom. The zero-order valence-electron chi connectivity index (χ0n) is 9.79. The van der Waals surface area contributed by atoms with Crippen molar-refractivity contribution in [1.29, 1.82) is 0 Å². The number of aliphatic hydroxyl groups excluding tert-OH is 1. The summed E-state index contributed by atoms with van der Waals surface area (Å²) in [4.78, 5) is 11.8. The number of amides is 1. The maximum atomic E-state index is 11.8. The highest BCUT2D eigenvalue weighted by atomic mass is 16.2. The first-order valence-electron chi connectivity index (χ1n) is 5.65. The molecule has 1 aliphatic carbocycles. The van der Waals surface area contributed by atoms with Crippen molar-refractivity contribution < 1.29 is 9.90 Å². The molecule has 1 amide bonds. The van der Waals surface area contributed by atoms with Gasteiger partial charge in [-0.15, -0.1) is 0 Å². The van der Waals surface area contributed by atoms with Gasteiger partial charge in [-0.1, -0.05) is 11.8 Å². The number of benzene rings is 1. The molecule has 2 N–H and O–H groups in total. The lowest BCUT2D eigenvalue weighted by atomic mass is 10.1. The minimum Gasteiger partial charge on any atom is -0.384 e. The number of carbonyl (C=O) groups is 1. The van der Waals surface area contributed by atoms with Crippen molar-refractivity contribution in [2.45, 2.75) is 25.3 Å². The van der Waals surface area contributed by atoms with E-state index < -0.39 is 0 Å². The van der Waals surface area contributed by atoms with Gasteiger partial charge in [0.25, 0.3) is 5.91 Å². The van der Waals surface area contributed by atoms with Crippen LogP contribution in [0.1, 0.15) is 35.7 Å². The average Bonchev–Trinajstić information content (AvgIpc) is 3.04. The second-order valence-corrected chi connectivity index (χ2v) is 4.55. The summed E-state index contributed by atoms with van der Waals surface area (Å²) in [5.41, 5.74) is 1.45. The molecule has 1 aliphatic rings. The van der Waals surface area contributed by atoms with Crippen LogP contribution in [0, 0.1) is 11.8 Å². The van der Waals surface area contributed by atoms with Crippen molar-refractivity contribution in [2.75, 3.05) is 6.61 Å². The third-order valence-corrected chi connectivity index (χ3v) is 2.87. The number of aliphatic hydroxyl groups is 1. The monoisotopic (exact) mass is 229 g/mol. The van der Waals surface area contributed by atoms with Crippen molar-refractivity contribution in [3.63, 3.8) is 0 Å². The standard InChI is InChI=1S/C14H15NO2/c1-14(8-9-14)15-13(17)12-6-4-11(5-7-12)3-2-10-16/h4-7,16H,8-10H2,1H3,(H,15,17). The van der Waals surface area contributed by atoms with Crippen LogP contribution in [-0.2, 0) is 0 Å². The number of rotatable bonds is 2. The maximum absolute atomic E-state index is 11.8. The van der Waals surface area contributed by atoms with Crippen LogP contribution in [0.2, 0.25) is 0 Å². The molecule has 1 aromatic rings. The van der Waals surface area contributed by atoms with E-state index in [0.29, 0.717) is 5.56 Å². The normalized spacial score (nSPS) is 15.6. The molecule has 0 aliphatic heterocycles. The molecular formula is C14H15NO2. The van der Waals surface area contributed by atoms with E-state index >= 15 is 0 Å². The van der Waals surface area contributed by atoms with Crippen LogP contribution < -0.4 is 5.32 Å². The van der Waals surface area contributed by atoms with Crippen molar-refractivity contribution in [3.8, 4) is 11.8 Å². The van der Waals surface area contributed by atoms with Gasteiger partial charge in [0.15, 0.2) is 0 Å². The fourth-order valence-corrected chi connectivity index (χ4v) is 1.51. The Hall–Kier alpha value is -1.79. The smallest absolute Gasteiger partial charge is 0.251 e. The van der Waals surface area contributed by atoms with Crippen molar-refractivity contribution in [3.05, 3.63) is 35.4 Å². The van der Waals surface area contributed by atoms with Crippen LogP contribution in [-0.4, -0.2) is 23.2 Å². The van der Waals surface area contributed by atoms with Gasteiger partial charge in [-0.3, -0.25) is 4.79 Å². The van der Waals surface area contributed by atoms with Crippen LogP contribution in [0.25, 0.3) is 0 Å². The van der Waals surface area contributed by atoms with Crippen molar-refractivity contribution in [2.24, 2.45) is 0 Å². The fraction of sp³-hybridized carbons (Fsp3) is 0.357. The molecule has 0 unspecified atom stereocenters. The summed E-state index contributed by atoms with van der Waals surface area (Å²) in [6.07, 6.45) is 2.11. The van der Waals surface area contributed by atoms with Gasteiger partial charge < -0.3 is 10.4 Å². The second-order valence-electron chi connectivity index (χ2n) is 4.55. The third kappa shape index (κ3) is 3.08. The molecular weight excluding hydrogens is 214 g/mol. The minimum atomic E-state index is -0.152. The van der Waals surface area contributed by atoms with Crippen LogP contribution in [0.5, 0.6) is 0 Å². The summed E-state index contributed by atoms with van der Waals surface area (Å²) in [5, 5.41) is 11.6. The van der Waals surface area contributed by atoms with E-state index in [1.807, 2.05) is 6.92 Å². The van der Waals surface area contributed by atoms with E-state index in [9.17, 15) is 4.79 Å². The van der Waals surface area contributed by atoms with E-state index in [4.69, 9.17) is 5.11 Å². The van der Waals surface area contributed by atoms with E-state index in [1.165, 1.54) is 0 Å². The molecule has 0 radical (unpaired) electrons. The molecule has 3 nitrogen and oxygen atoms in total. The van der Waals surface area contributed by atoms with E-state index in [1.54, 1.807) is 24.3 Å². The Bertz CT molecular complexity index is 475. The number of hydrogen-bond donors (Lipinski definition) is 2. The zero-order valence-corrected chi connectivity index (χ0v) is 9.79. The predicted molar refractivity (Wildman–Crippen MR) is 65.5 cm³/mol. The molecule has 1 aromatic carbocycles. The zero-order chi connectivity index (χ0) is 12.3. The number of carbonyl (C=O) groups excluding carboxylic acids is 1. The molecule has 0 atom stereocenters. The molecule has 1 fully saturated rings. The molecule has 0 heterocycles. The molecule has 88 valence electrons.